The molecule has 0 bridgehead atoms. The van der Waals surface area contributed by atoms with Gasteiger partial charge in [-0.15, -0.1) is 0 Å². The fourth-order valence-corrected chi connectivity index (χ4v) is 2.79. The number of rotatable bonds is 4. The maximum Gasteiger partial charge on any atom is 0.242 e. The first kappa shape index (κ1) is 14.2. The van der Waals surface area contributed by atoms with Crippen molar-refractivity contribution in [1.82, 2.24) is 5.32 Å². The highest BCUT2D eigenvalue weighted by molar-refractivity contribution is 5.87. The largest absolute Gasteiger partial charge is 0.374 e. The Morgan fingerprint density at radius 2 is 2.00 bits per heavy atom. The number of nitrogens with zero attached hydrogens (tertiary/aromatic N) is 1. The maximum absolute atomic E-state index is 12.1. The summed E-state index contributed by atoms with van der Waals surface area (Å²) in [7, 11) is 0. The highest BCUT2D eigenvalue weighted by Gasteiger charge is 2.31. The van der Waals surface area contributed by atoms with Gasteiger partial charge in [0, 0.05) is 11.7 Å². The number of carbonyl (C=O) groups excluding carboxylic acids is 1. The monoisotopic (exact) mass is 291 g/mol. The third-order valence-corrected chi connectivity index (χ3v) is 3.84. The fraction of sp³-hybridized carbons (Fsp3) is 0.222. The van der Waals surface area contributed by atoms with E-state index < -0.39 is 0 Å². The zero-order valence-electron chi connectivity index (χ0n) is 12.1. The van der Waals surface area contributed by atoms with Gasteiger partial charge in [-0.05, 0) is 36.6 Å². The first-order valence-corrected chi connectivity index (χ1v) is 7.35. The van der Waals surface area contributed by atoms with Crippen molar-refractivity contribution in [3.05, 3.63) is 65.7 Å². The third kappa shape index (κ3) is 3.26. The number of hydrogen-bond acceptors (Lipinski definition) is 3. The van der Waals surface area contributed by atoms with E-state index >= 15 is 0 Å². The Hall–Kier alpha value is -2.80. The number of hydrogen-bond donors (Lipinski definition) is 2. The lowest BCUT2D eigenvalue weighted by molar-refractivity contribution is -0.120. The van der Waals surface area contributed by atoms with Gasteiger partial charge >= 0.3 is 0 Å². The van der Waals surface area contributed by atoms with Gasteiger partial charge in [0.05, 0.1) is 11.6 Å². The maximum atomic E-state index is 12.1. The van der Waals surface area contributed by atoms with Crippen LogP contribution in [-0.2, 0) is 11.2 Å². The van der Waals surface area contributed by atoms with Gasteiger partial charge in [-0.3, -0.25) is 4.79 Å². The second kappa shape index (κ2) is 6.31. The number of amides is 1. The molecular formula is C18H17N3O. The molecular weight excluding hydrogens is 274 g/mol. The summed E-state index contributed by atoms with van der Waals surface area (Å²) in [5.41, 5.74) is 2.61. The first-order chi connectivity index (χ1) is 10.7. The molecule has 1 aliphatic rings. The second-order valence-corrected chi connectivity index (χ2v) is 5.52. The van der Waals surface area contributed by atoms with Gasteiger partial charge in [0.15, 0.2) is 0 Å². The van der Waals surface area contributed by atoms with Crippen LogP contribution in [0.5, 0.6) is 0 Å². The van der Waals surface area contributed by atoms with Gasteiger partial charge in [0.2, 0.25) is 5.91 Å². The summed E-state index contributed by atoms with van der Waals surface area (Å²) < 4.78 is 0. The van der Waals surface area contributed by atoms with E-state index in [9.17, 15) is 4.79 Å². The van der Waals surface area contributed by atoms with Crippen LogP contribution in [-0.4, -0.2) is 18.0 Å². The van der Waals surface area contributed by atoms with E-state index in [0.717, 1.165) is 18.5 Å². The minimum absolute atomic E-state index is 0.0169. The summed E-state index contributed by atoms with van der Waals surface area (Å²) in [6.07, 6.45) is 1.58. The van der Waals surface area contributed by atoms with Gasteiger partial charge in [-0.2, -0.15) is 5.26 Å². The van der Waals surface area contributed by atoms with E-state index in [2.05, 4.69) is 28.8 Å². The molecule has 2 aromatic rings. The van der Waals surface area contributed by atoms with E-state index in [-0.39, 0.29) is 18.0 Å². The molecule has 3 rings (SSSR count). The van der Waals surface area contributed by atoms with Crippen molar-refractivity contribution in [2.24, 2.45) is 0 Å². The van der Waals surface area contributed by atoms with Gasteiger partial charge in [0.25, 0.3) is 0 Å². The molecule has 0 spiro atoms. The molecule has 4 nitrogen and oxygen atoms in total. The Kier molecular flexibility index (Phi) is 4.06. The van der Waals surface area contributed by atoms with Crippen LogP contribution in [0.3, 0.4) is 0 Å². The highest BCUT2D eigenvalue weighted by atomic mass is 16.2. The summed E-state index contributed by atoms with van der Waals surface area (Å²) in [5, 5.41) is 15.2. The Balaban J connectivity index is 1.63. The molecule has 4 heteroatoms. The van der Waals surface area contributed by atoms with Crippen LogP contribution in [0, 0.1) is 11.3 Å². The molecule has 1 unspecified atom stereocenters. The Morgan fingerprint density at radius 3 is 2.77 bits per heavy atom. The topological polar surface area (TPSA) is 64.9 Å². The highest BCUT2D eigenvalue weighted by Crippen LogP contribution is 2.19. The first-order valence-electron chi connectivity index (χ1n) is 7.35. The van der Waals surface area contributed by atoms with Crippen LogP contribution in [0.15, 0.2) is 54.6 Å². The molecule has 1 heterocycles. The minimum atomic E-state index is -0.248. The molecule has 0 saturated carbocycles. The summed E-state index contributed by atoms with van der Waals surface area (Å²) in [5.74, 6) is 0.0169. The zero-order chi connectivity index (χ0) is 15.4. The molecule has 1 amide bonds. The number of nitriles is 1. The van der Waals surface area contributed by atoms with Crippen LogP contribution < -0.4 is 10.6 Å². The Morgan fingerprint density at radius 1 is 1.18 bits per heavy atom. The van der Waals surface area contributed by atoms with E-state index in [1.165, 1.54) is 5.56 Å². The Labute approximate surface area is 129 Å². The van der Waals surface area contributed by atoms with Crippen molar-refractivity contribution in [3.8, 4) is 6.07 Å². The standard InChI is InChI=1S/C18H17N3O/c19-12-14-7-4-8-15(10-14)20-17-11-16(21-18(17)22)9-13-5-2-1-3-6-13/h1-8,10,16-17,20H,9,11H2,(H,21,22)/t16-,17?/m0/s1. The molecule has 1 saturated heterocycles. The van der Waals surface area contributed by atoms with Gasteiger partial charge in [-0.1, -0.05) is 36.4 Å². The molecule has 110 valence electrons. The molecule has 2 atom stereocenters. The molecule has 0 aromatic heterocycles. The van der Waals surface area contributed by atoms with Crippen LogP contribution in [0.4, 0.5) is 5.69 Å². The minimum Gasteiger partial charge on any atom is -0.374 e. The van der Waals surface area contributed by atoms with Gasteiger partial charge < -0.3 is 10.6 Å². The molecule has 1 aliphatic heterocycles. The lowest BCUT2D eigenvalue weighted by Gasteiger charge is -2.12. The second-order valence-electron chi connectivity index (χ2n) is 5.52. The summed E-state index contributed by atoms with van der Waals surface area (Å²) in [4.78, 5) is 12.1. The smallest absolute Gasteiger partial charge is 0.242 e. The van der Waals surface area contributed by atoms with Gasteiger partial charge in [0.1, 0.15) is 6.04 Å². The summed E-state index contributed by atoms with van der Waals surface area (Å²) in [6, 6.07) is 19.4. The lowest BCUT2D eigenvalue weighted by Crippen LogP contribution is -2.31. The zero-order valence-corrected chi connectivity index (χ0v) is 12.1. The SMILES string of the molecule is N#Cc1cccc(NC2C[C@H](Cc3ccccc3)NC2=O)c1. The average molecular weight is 291 g/mol. The van der Waals surface area contributed by atoms with Crippen molar-refractivity contribution >= 4 is 11.6 Å². The predicted molar refractivity (Wildman–Crippen MR) is 85.3 cm³/mol. The average Bonchev–Trinajstić information content (AvgIpc) is 2.88. The van der Waals surface area contributed by atoms with Crippen molar-refractivity contribution in [1.29, 1.82) is 5.26 Å². The normalized spacial score (nSPS) is 20.2. The Bertz CT molecular complexity index is 706. The summed E-state index contributed by atoms with van der Waals surface area (Å²) >= 11 is 0. The molecule has 2 N–H and O–H groups in total. The molecule has 22 heavy (non-hydrogen) atoms. The number of carbonyl (C=O) groups is 1. The number of benzene rings is 2. The van der Waals surface area contributed by atoms with E-state index in [4.69, 9.17) is 5.26 Å². The molecule has 1 fully saturated rings. The van der Waals surface area contributed by atoms with Gasteiger partial charge in [-0.25, -0.2) is 0 Å². The van der Waals surface area contributed by atoms with E-state index in [1.54, 1.807) is 12.1 Å². The lowest BCUT2D eigenvalue weighted by atomic mass is 10.0. The van der Waals surface area contributed by atoms with Crippen molar-refractivity contribution in [2.45, 2.75) is 24.9 Å². The number of anilines is 1. The summed E-state index contributed by atoms with van der Waals surface area (Å²) in [6.45, 7) is 0. The van der Waals surface area contributed by atoms with Crippen LogP contribution in [0.25, 0.3) is 0 Å². The third-order valence-electron chi connectivity index (χ3n) is 3.84. The molecule has 0 radical (unpaired) electrons. The number of nitrogens with one attached hydrogen (secondary N) is 2. The van der Waals surface area contributed by atoms with Crippen LogP contribution in [0.2, 0.25) is 0 Å². The van der Waals surface area contributed by atoms with Crippen LogP contribution >= 0.6 is 0 Å². The van der Waals surface area contributed by atoms with E-state index in [0.29, 0.717) is 5.56 Å². The van der Waals surface area contributed by atoms with Crippen molar-refractivity contribution < 1.29 is 4.79 Å². The van der Waals surface area contributed by atoms with Crippen molar-refractivity contribution in [3.63, 3.8) is 0 Å². The van der Waals surface area contributed by atoms with Crippen LogP contribution in [0.1, 0.15) is 17.5 Å². The predicted octanol–water partition coefficient (Wildman–Crippen LogP) is 2.47. The molecule has 2 aromatic carbocycles. The fourth-order valence-electron chi connectivity index (χ4n) is 2.79. The quantitative estimate of drug-likeness (QED) is 0.909. The van der Waals surface area contributed by atoms with Crippen molar-refractivity contribution in [2.75, 3.05) is 5.32 Å². The molecule has 0 aliphatic carbocycles. The van der Waals surface area contributed by atoms with E-state index in [1.807, 2.05) is 30.3 Å².